The molecule has 52 heavy (non-hydrogen) atoms. The van der Waals surface area contributed by atoms with E-state index in [-0.39, 0.29) is 18.8 Å². The lowest BCUT2D eigenvalue weighted by Gasteiger charge is -2.48. The van der Waals surface area contributed by atoms with Crippen molar-refractivity contribution in [2.24, 2.45) is 11.8 Å². The van der Waals surface area contributed by atoms with Crippen LogP contribution in [0.3, 0.4) is 0 Å². The molecule has 1 aromatic carbocycles. The van der Waals surface area contributed by atoms with E-state index >= 15 is 0 Å². The van der Waals surface area contributed by atoms with Crippen molar-refractivity contribution < 1.29 is 64.0 Å². The van der Waals surface area contributed by atoms with Crippen LogP contribution >= 0.6 is 0 Å². The normalized spacial score (nSPS) is 29.0. The summed E-state index contributed by atoms with van der Waals surface area (Å²) in [5.74, 6) is -10.9. The second-order valence-electron chi connectivity index (χ2n) is 13.8. The summed E-state index contributed by atoms with van der Waals surface area (Å²) in [5, 5.41) is 64.6. The fraction of sp³-hybridized carbons (Fsp3) is 0.590. The Morgan fingerprint density at radius 1 is 0.885 bits per heavy atom. The zero-order chi connectivity index (χ0) is 38.5. The number of carbonyl (C=O) groups excluding carboxylic acids is 1. The molecule has 2 saturated heterocycles. The van der Waals surface area contributed by atoms with Gasteiger partial charge in [0, 0.05) is 12.8 Å². The van der Waals surface area contributed by atoms with Crippen LogP contribution in [0.4, 0.5) is 0 Å². The quantitative estimate of drug-likeness (QED) is 0.0533. The van der Waals surface area contributed by atoms with Crippen molar-refractivity contribution in [2.75, 3.05) is 0 Å². The molecular formula is C39H54O13. The van der Waals surface area contributed by atoms with E-state index in [0.717, 1.165) is 31.2 Å². The molecule has 3 rings (SSSR count). The predicted molar refractivity (Wildman–Crippen MR) is 190 cm³/mol. The van der Waals surface area contributed by atoms with Gasteiger partial charge in [0.1, 0.15) is 6.10 Å². The number of aliphatic hydroxyl groups excluding tert-OH is 2. The van der Waals surface area contributed by atoms with E-state index in [1.54, 1.807) is 6.92 Å². The van der Waals surface area contributed by atoms with E-state index in [0.29, 0.717) is 25.7 Å². The standard InChI is InChI=1S/C39H54O13/c1-4-5-6-7-8-9-10-11-12-13-17-23-29(40)50-32-31(42)37(51-33(34(43)44)38(49,35(45)46)39(32,52-37)36(47)48)25-24-27(3)30(41)26(2)19-18-22-28-20-15-14-16-21-28/h4-5,10-11,14-16,18,20-22,26-27,30-33,41-42,49H,6-9,12-13,17,19,23-25H2,1-3H3,(H,43,44)(H,45,46)(H,47,48)/b5-4+,11-10+,22-18+/t26?,27?,30?,31-,32-,33?,37?,38?,39?/m1/s1. The number of rotatable bonds is 22. The molecule has 0 radical (unpaired) electrons. The Balaban J connectivity index is 1.75. The molecule has 2 bridgehead atoms. The lowest BCUT2D eigenvalue weighted by molar-refractivity contribution is -0.374. The molecule has 1 aromatic rings. The molecule has 9 atom stereocenters. The van der Waals surface area contributed by atoms with Gasteiger partial charge >= 0.3 is 23.9 Å². The zero-order valence-electron chi connectivity index (χ0n) is 30.1. The number of ether oxygens (including phenoxy) is 3. The fourth-order valence-corrected chi connectivity index (χ4v) is 6.89. The minimum atomic E-state index is -3.83. The summed E-state index contributed by atoms with van der Waals surface area (Å²) in [5.41, 5.74) is -6.32. The molecule has 0 saturated carbocycles. The van der Waals surface area contributed by atoms with Crippen LogP contribution in [0, 0.1) is 11.8 Å². The van der Waals surface area contributed by atoms with Gasteiger partial charge in [-0.15, -0.1) is 0 Å². The predicted octanol–water partition coefficient (Wildman–Crippen LogP) is 4.88. The van der Waals surface area contributed by atoms with Gasteiger partial charge in [0.05, 0.1) is 6.10 Å². The van der Waals surface area contributed by atoms with Crippen LogP contribution in [-0.4, -0.2) is 95.9 Å². The molecule has 0 amide bonds. The van der Waals surface area contributed by atoms with Crippen molar-refractivity contribution in [3.05, 3.63) is 66.3 Å². The van der Waals surface area contributed by atoms with Crippen LogP contribution in [0.5, 0.6) is 0 Å². The van der Waals surface area contributed by atoms with Crippen molar-refractivity contribution in [3.63, 3.8) is 0 Å². The Hall–Kier alpha value is -3.88. The van der Waals surface area contributed by atoms with E-state index in [1.807, 2.05) is 68.5 Å². The molecule has 2 aliphatic heterocycles. The first-order chi connectivity index (χ1) is 24.7. The second-order valence-corrected chi connectivity index (χ2v) is 13.8. The number of carboxylic acids is 3. The molecule has 2 fully saturated rings. The minimum absolute atomic E-state index is 0.0253. The Morgan fingerprint density at radius 3 is 2.08 bits per heavy atom. The third kappa shape index (κ3) is 9.56. The maximum atomic E-state index is 13.0. The Bertz CT molecular complexity index is 1440. The van der Waals surface area contributed by atoms with E-state index in [2.05, 4.69) is 12.2 Å². The maximum Gasteiger partial charge on any atom is 0.344 e. The lowest BCUT2D eigenvalue weighted by Crippen LogP contribution is -2.78. The number of aliphatic carboxylic acids is 3. The van der Waals surface area contributed by atoms with Crippen molar-refractivity contribution in [2.45, 2.75) is 133 Å². The number of fused-ring (bicyclic) bond motifs is 2. The zero-order valence-corrected chi connectivity index (χ0v) is 30.1. The van der Waals surface area contributed by atoms with Crippen molar-refractivity contribution in [3.8, 4) is 0 Å². The summed E-state index contributed by atoms with van der Waals surface area (Å²) in [6.45, 7) is 5.50. The second kappa shape index (κ2) is 19.3. The van der Waals surface area contributed by atoms with Gasteiger partial charge in [-0.3, -0.25) is 4.79 Å². The van der Waals surface area contributed by atoms with Crippen LogP contribution < -0.4 is 0 Å². The van der Waals surface area contributed by atoms with Crippen LogP contribution in [0.25, 0.3) is 6.08 Å². The summed E-state index contributed by atoms with van der Waals surface area (Å²) >= 11 is 0. The summed E-state index contributed by atoms with van der Waals surface area (Å²) in [6, 6.07) is 9.57. The highest BCUT2D eigenvalue weighted by atomic mass is 16.8. The average molecular weight is 731 g/mol. The monoisotopic (exact) mass is 730 g/mol. The summed E-state index contributed by atoms with van der Waals surface area (Å²) in [7, 11) is 0. The van der Waals surface area contributed by atoms with Gasteiger partial charge in [0.2, 0.25) is 23.1 Å². The van der Waals surface area contributed by atoms with Gasteiger partial charge in [0.25, 0.3) is 0 Å². The highest BCUT2D eigenvalue weighted by molar-refractivity contribution is 5.98. The Labute approximate surface area is 304 Å². The number of hydrogen-bond acceptors (Lipinski definition) is 10. The number of hydrogen-bond donors (Lipinski definition) is 6. The number of carboxylic acid groups (broad SMARTS) is 3. The third-order valence-corrected chi connectivity index (χ3v) is 9.99. The van der Waals surface area contributed by atoms with Gasteiger partial charge in [-0.05, 0) is 82.1 Å². The van der Waals surface area contributed by atoms with Gasteiger partial charge in [-0.1, -0.05) is 80.6 Å². The highest BCUT2D eigenvalue weighted by Gasteiger charge is 2.85. The van der Waals surface area contributed by atoms with Crippen LogP contribution in [-0.2, 0) is 33.4 Å². The number of esters is 1. The molecule has 0 aliphatic carbocycles. The molecule has 6 N–H and O–H groups in total. The van der Waals surface area contributed by atoms with Gasteiger partial charge in [0.15, 0.2) is 6.10 Å². The number of aliphatic hydroxyl groups is 3. The molecule has 2 heterocycles. The SMILES string of the molecule is C/C=C/CCCC/C=C/CCCCC(=O)O[C@@H]1[C@@H](O)C2(CCC(C)C(O)C(C)C/C=C/c3ccccc3)OC(C(=O)O)C(O)(C(=O)O)C1(C(=O)O)O2. The number of benzene rings is 1. The van der Waals surface area contributed by atoms with E-state index < -0.39 is 77.6 Å². The first-order valence-electron chi connectivity index (χ1n) is 18.0. The van der Waals surface area contributed by atoms with Gasteiger partial charge in [-0.25, -0.2) is 14.4 Å². The maximum absolute atomic E-state index is 13.0. The largest absolute Gasteiger partial charge is 0.479 e. The Kier molecular flexibility index (Phi) is 15.8. The molecule has 7 unspecified atom stereocenters. The third-order valence-electron chi connectivity index (χ3n) is 9.99. The van der Waals surface area contributed by atoms with Crippen molar-refractivity contribution in [1.29, 1.82) is 0 Å². The first kappa shape index (κ1) is 42.5. The number of allylic oxidation sites excluding steroid dienone is 5. The van der Waals surface area contributed by atoms with E-state index in [9.17, 15) is 49.8 Å². The average Bonchev–Trinajstić information content (AvgIpc) is 3.32. The van der Waals surface area contributed by atoms with Gasteiger partial charge in [-0.2, -0.15) is 0 Å². The molecule has 288 valence electrons. The van der Waals surface area contributed by atoms with Crippen LogP contribution in [0.2, 0.25) is 0 Å². The van der Waals surface area contributed by atoms with Crippen molar-refractivity contribution in [1.82, 2.24) is 0 Å². The van der Waals surface area contributed by atoms with E-state index in [1.165, 1.54) is 0 Å². The minimum Gasteiger partial charge on any atom is -0.479 e. The molecule has 2 aliphatic rings. The van der Waals surface area contributed by atoms with Crippen LogP contribution in [0.1, 0.15) is 97.0 Å². The molecular weight excluding hydrogens is 676 g/mol. The summed E-state index contributed by atoms with van der Waals surface area (Å²) in [6.07, 6.45) is 9.20. The number of carbonyl (C=O) groups is 4. The fourth-order valence-electron chi connectivity index (χ4n) is 6.89. The molecule has 0 aromatic heterocycles. The molecule has 0 spiro atoms. The molecule has 13 heteroatoms. The van der Waals surface area contributed by atoms with Crippen molar-refractivity contribution >= 4 is 30.0 Å². The highest BCUT2D eigenvalue weighted by Crippen LogP contribution is 2.56. The van der Waals surface area contributed by atoms with Gasteiger partial charge < -0.3 is 44.8 Å². The number of unbranched alkanes of at least 4 members (excludes halogenated alkanes) is 5. The molecule has 13 nitrogen and oxygen atoms in total. The summed E-state index contributed by atoms with van der Waals surface area (Å²) < 4.78 is 16.6. The van der Waals surface area contributed by atoms with Crippen LogP contribution in [0.15, 0.2) is 60.7 Å². The Morgan fingerprint density at radius 2 is 1.50 bits per heavy atom. The summed E-state index contributed by atoms with van der Waals surface area (Å²) in [4.78, 5) is 50.9. The topological polar surface area (TPSA) is 217 Å². The first-order valence-corrected chi connectivity index (χ1v) is 18.0. The smallest absolute Gasteiger partial charge is 0.344 e. The van der Waals surface area contributed by atoms with E-state index in [4.69, 9.17) is 14.2 Å². The lowest BCUT2D eigenvalue weighted by atomic mass is 9.74.